The van der Waals surface area contributed by atoms with Gasteiger partial charge in [-0.15, -0.1) is 0 Å². The summed E-state index contributed by atoms with van der Waals surface area (Å²) in [7, 11) is 1.78. The van der Waals surface area contributed by atoms with Gasteiger partial charge in [0.05, 0.1) is 5.69 Å². The van der Waals surface area contributed by atoms with Crippen LogP contribution in [0.15, 0.2) is 6.20 Å². The second-order valence-corrected chi connectivity index (χ2v) is 5.83. The number of nitrogens with zero attached hydrogens (tertiary/aromatic N) is 4. The molecule has 1 saturated heterocycles. The van der Waals surface area contributed by atoms with Gasteiger partial charge in [0, 0.05) is 32.9 Å². The summed E-state index contributed by atoms with van der Waals surface area (Å²) in [5.41, 5.74) is 6.69. The van der Waals surface area contributed by atoms with Crippen molar-refractivity contribution in [3.8, 4) is 0 Å². The summed E-state index contributed by atoms with van der Waals surface area (Å²) in [5, 5.41) is 4.17. The first kappa shape index (κ1) is 15.8. The molecule has 2 rings (SSSR count). The van der Waals surface area contributed by atoms with Crippen LogP contribution in [-0.2, 0) is 7.05 Å². The van der Waals surface area contributed by atoms with Gasteiger partial charge in [0.2, 0.25) is 0 Å². The monoisotopic (exact) mass is 293 g/mol. The smallest absolute Gasteiger partial charge is 0.276 e. The van der Waals surface area contributed by atoms with Crippen LogP contribution in [-0.4, -0.2) is 58.2 Å². The van der Waals surface area contributed by atoms with E-state index in [2.05, 4.69) is 23.8 Å². The highest BCUT2D eigenvalue weighted by Crippen LogP contribution is 2.21. The molecule has 1 aromatic rings. The Morgan fingerprint density at radius 1 is 1.38 bits per heavy atom. The van der Waals surface area contributed by atoms with Crippen LogP contribution in [0.3, 0.4) is 0 Å². The van der Waals surface area contributed by atoms with Crippen molar-refractivity contribution in [1.82, 2.24) is 19.6 Å². The maximum Gasteiger partial charge on any atom is 0.276 e. The average molecular weight is 293 g/mol. The molecule has 1 aromatic heterocycles. The zero-order valence-corrected chi connectivity index (χ0v) is 13.4. The first-order valence-corrected chi connectivity index (χ1v) is 7.85. The number of nitrogens with two attached hydrogens (primary N) is 1. The summed E-state index contributed by atoms with van der Waals surface area (Å²) < 4.78 is 1.59. The van der Waals surface area contributed by atoms with Crippen LogP contribution in [0.2, 0.25) is 0 Å². The average Bonchev–Trinajstić information content (AvgIpc) is 2.83. The van der Waals surface area contributed by atoms with Gasteiger partial charge in [0.25, 0.3) is 5.91 Å². The van der Waals surface area contributed by atoms with Crippen molar-refractivity contribution in [3.05, 3.63) is 11.9 Å². The predicted molar refractivity (Wildman–Crippen MR) is 84.0 cm³/mol. The van der Waals surface area contributed by atoms with Crippen molar-refractivity contribution in [2.75, 3.05) is 38.5 Å². The van der Waals surface area contributed by atoms with Crippen molar-refractivity contribution >= 4 is 11.6 Å². The fraction of sp³-hybridized carbons (Fsp3) is 0.733. The lowest BCUT2D eigenvalue weighted by molar-refractivity contribution is 0.0664. The molecule has 2 N–H and O–H groups in total. The van der Waals surface area contributed by atoms with E-state index in [1.807, 2.05) is 4.90 Å². The molecule has 0 aliphatic carbocycles. The van der Waals surface area contributed by atoms with Crippen molar-refractivity contribution in [3.63, 3.8) is 0 Å². The van der Waals surface area contributed by atoms with Crippen molar-refractivity contribution in [2.24, 2.45) is 13.0 Å². The Bertz CT molecular complexity index is 472. The fourth-order valence-corrected chi connectivity index (χ4v) is 2.99. The van der Waals surface area contributed by atoms with Gasteiger partial charge in [0.1, 0.15) is 0 Å². The molecule has 0 bridgehead atoms. The van der Waals surface area contributed by atoms with Crippen LogP contribution in [0.25, 0.3) is 0 Å². The van der Waals surface area contributed by atoms with Gasteiger partial charge in [-0.3, -0.25) is 9.48 Å². The first-order valence-electron chi connectivity index (χ1n) is 7.85. The molecule has 21 heavy (non-hydrogen) atoms. The van der Waals surface area contributed by atoms with Gasteiger partial charge in [-0.25, -0.2) is 0 Å². The molecule has 0 saturated carbocycles. The summed E-state index contributed by atoms with van der Waals surface area (Å²) in [6.45, 7) is 9.35. The van der Waals surface area contributed by atoms with E-state index in [1.54, 1.807) is 17.9 Å². The fourth-order valence-electron chi connectivity index (χ4n) is 2.99. The molecule has 118 valence electrons. The summed E-state index contributed by atoms with van der Waals surface area (Å²) >= 11 is 0. The third-order valence-corrected chi connectivity index (χ3v) is 4.37. The number of piperidine rings is 1. The van der Waals surface area contributed by atoms with Crippen molar-refractivity contribution in [2.45, 2.75) is 26.7 Å². The molecule has 1 fully saturated rings. The normalized spacial score (nSPS) is 16.7. The number of aryl methyl sites for hydroxylation is 1. The van der Waals surface area contributed by atoms with Crippen molar-refractivity contribution < 1.29 is 4.79 Å². The highest BCUT2D eigenvalue weighted by Gasteiger charge is 2.26. The number of amides is 1. The van der Waals surface area contributed by atoms with E-state index in [4.69, 9.17) is 5.73 Å². The second kappa shape index (κ2) is 6.93. The van der Waals surface area contributed by atoms with Crippen LogP contribution in [0.1, 0.15) is 37.2 Å². The highest BCUT2D eigenvalue weighted by molar-refractivity contribution is 5.97. The topological polar surface area (TPSA) is 67.4 Å². The molecular formula is C15H27N5O. The molecule has 0 atom stereocenters. The van der Waals surface area contributed by atoms with Crippen LogP contribution in [0, 0.1) is 5.92 Å². The molecule has 0 radical (unpaired) electrons. The van der Waals surface area contributed by atoms with Crippen molar-refractivity contribution in [1.29, 1.82) is 0 Å². The predicted octanol–water partition coefficient (Wildman–Crippen LogP) is 1.20. The van der Waals surface area contributed by atoms with E-state index >= 15 is 0 Å². The number of carbonyl (C=O) groups excluding carboxylic acids is 1. The third-order valence-electron chi connectivity index (χ3n) is 4.37. The van der Waals surface area contributed by atoms with Crippen LogP contribution in [0.4, 0.5) is 5.69 Å². The summed E-state index contributed by atoms with van der Waals surface area (Å²) in [6.07, 6.45) is 3.81. The number of carbonyl (C=O) groups is 1. The van der Waals surface area contributed by atoms with E-state index < -0.39 is 0 Å². The Morgan fingerprint density at radius 2 is 2.00 bits per heavy atom. The number of rotatable bonds is 5. The second-order valence-electron chi connectivity index (χ2n) is 5.83. The molecule has 2 heterocycles. The number of anilines is 1. The molecule has 1 amide bonds. The quantitative estimate of drug-likeness (QED) is 0.885. The zero-order valence-electron chi connectivity index (χ0n) is 13.4. The van der Waals surface area contributed by atoms with Crippen LogP contribution >= 0.6 is 0 Å². The zero-order chi connectivity index (χ0) is 15.4. The largest absolute Gasteiger partial charge is 0.396 e. The lowest BCUT2D eigenvalue weighted by atomic mass is 9.96. The summed E-state index contributed by atoms with van der Waals surface area (Å²) in [6, 6.07) is 0. The summed E-state index contributed by atoms with van der Waals surface area (Å²) in [4.78, 5) is 16.8. The molecule has 0 unspecified atom stereocenters. The Kier molecular flexibility index (Phi) is 5.22. The molecular weight excluding hydrogens is 266 g/mol. The van der Waals surface area contributed by atoms with Gasteiger partial charge in [-0.2, -0.15) is 5.10 Å². The minimum atomic E-state index is -0.0330. The lowest BCUT2D eigenvalue weighted by Gasteiger charge is -2.34. The number of hydrogen-bond donors (Lipinski definition) is 1. The van der Waals surface area contributed by atoms with Gasteiger partial charge in [-0.1, -0.05) is 13.8 Å². The molecule has 1 aliphatic heterocycles. The van der Waals surface area contributed by atoms with Gasteiger partial charge < -0.3 is 15.5 Å². The van der Waals surface area contributed by atoms with Crippen LogP contribution < -0.4 is 5.73 Å². The maximum atomic E-state index is 12.4. The van der Waals surface area contributed by atoms with E-state index in [0.717, 1.165) is 45.6 Å². The number of likely N-dealkylation sites (tertiary alicyclic amines) is 1. The number of aromatic nitrogens is 2. The molecule has 1 aliphatic rings. The van der Waals surface area contributed by atoms with E-state index in [0.29, 0.717) is 17.3 Å². The highest BCUT2D eigenvalue weighted by atomic mass is 16.2. The standard InChI is InChI=1S/C15H27N5O/c1-4-19(5-2)10-12-6-8-20(9-7-12)15(21)14-13(16)11-18(3)17-14/h11-12H,4-10,16H2,1-3H3. The molecule has 6 heteroatoms. The maximum absolute atomic E-state index is 12.4. The lowest BCUT2D eigenvalue weighted by Crippen LogP contribution is -2.42. The third kappa shape index (κ3) is 3.75. The first-order chi connectivity index (χ1) is 10.0. The summed E-state index contributed by atoms with van der Waals surface area (Å²) in [5.74, 6) is 0.657. The Labute approximate surface area is 126 Å². The Morgan fingerprint density at radius 3 is 2.48 bits per heavy atom. The minimum Gasteiger partial charge on any atom is -0.396 e. The number of hydrogen-bond acceptors (Lipinski definition) is 4. The Hall–Kier alpha value is -1.56. The van der Waals surface area contributed by atoms with Crippen LogP contribution in [0.5, 0.6) is 0 Å². The molecule has 0 spiro atoms. The van der Waals surface area contributed by atoms with E-state index in [1.165, 1.54) is 0 Å². The Balaban J connectivity index is 1.89. The number of nitrogen functional groups attached to an aromatic ring is 1. The van der Waals surface area contributed by atoms with Gasteiger partial charge in [-0.05, 0) is 31.8 Å². The van der Waals surface area contributed by atoms with Gasteiger partial charge in [0.15, 0.2) is 5.69 Å². The van der Waals surface area contributed by atoms with E-state index in [9.17, 15) is 4.79 Å². The molecule has 6 nitrogen and oxygen atoms in total. The SMILES string of the molecule is CCN(CC)CC1CCN(C(=O)c2nn(C)cc2N)CC1. The molecule has 0 aromatic carbocycles. The van der Waals surface area contributed by atoms with E-state index in [-0.39, 0.29) is 5.91 Å². The van der Waals surface area contributed by atoms with Gasteiger partial charge >= 0.3 is 0 Å². The minimum absolute atomic E-state index is 0.0330.